The first-order valence-electron chi connectivity index (χ1n) is 2.95. The SMILES string of the molecule is NC(=O)C(O)C(CO)C(F)(F)F. The molecule has 1 amide bonds. The average Bonchev–Trinajstić information content (AvgIpc) is 1.85. The van der Waals surface area contributed by atoms with Crippen molar-refractivity contribution in [2.45, 2.75) is 12.3 Å². The van der Waals surface area contributed by atoms with Crippen LogP contribution in [0.3, 0.4) is 0 Å². The Morgan fingerprint density at radius 1 is 1.50 bits per heavy atom. The zero-order valence-electron chi connectivity index (χ0n) is 5.88. The summed E-state index contributed by atoms with van der Waals surface area (Å²) in [7, 11) is 0. The number of hydrogen-bond donors (Lipinski definition) is 3. The number of carbonyl (C=O) groups excluding carboxylic acids is 1. The number of hydrogen-bond acceptors (Lipinski definition) is 3. The predicted octanol–water partition coefficient (Wildman–Crippen LogP) is -0.997. The van der Waals surface area contributed by atoms with Gasteiger partial charge in [0, 0.05) is 0 Å². The molecule has 0 fully saturated rings. The second-order valence-corrected chi connectivity index (χ2v) is 2.18. The molecule has 0 heterocycles. The summed E-state index contributed by atoms with van der Waals surface area (Å²) in [6.45, 7) is -1.37. The van der Waals surface area contributed by atoms with Gasteiger partial charge in [0.05, 0.1) is 6.61 Å². The molecule has 0 aliphatic carbocycles. The number of amides is 1. The monoisotopic (exact) mass is 187 g/mol. The maximum Gasteiger partial charge on any atom is 0.397 e. The molecule has 0 rings (SSSR count). The molecule has 0 aliphatic rings. The van der Waals surface area contributed by atoms with Gasteiger partial charge in [-0.1, -0.05) is 0 Å². The van der Waals surface area contributed by atoms with Crippen LogP contribution in [0.1, 0.15) is 0 Å². The molecule has 0 spiro atoms. The van der Waals surface area contributed by atoms with E-state index in [2.05, 4.69) is 5.73 Å². The lowest BCUT2D eigenvalue weighted by atomic mass is 10.0. The van der Waals surface area contributed by atoms with Gasteiger partial charge in [0.2, 0.25) is 5.91 Å². The Kier molecular flexibility index (Phi) is 3.47. The Balaban J connectivity index is 4.45. The van der Waals surface area contributed by atoms with Crippen molar-refractivity contribution in [2.75, 3.05) is 6.61 Å². The Labute approximate surface area is 65.8 Å². The lowest BCUT2D eigenvalue weighted by molar-refractivity contribution is -0.209. The van der Waals surface area contributed by atoms with Crippen LogP contribution in [0.4, 0.5) is 13.2 Å². The van der Waals surface area contributed by atoms with E-state index >= 15 is 0 Å². The van der Waals surface area contributed by atoms with E-state index in [4.69, 9.17) is 10.2 Å². The van der Waals surface area contributed by atoms with E-state index in [0.717, 1.165) is 0 Å². The van der Waals surface area contributed by atoms with E-state index in [1.54, 1.807) is 0 Å². The van der Waals surface area contributed by atoms with Gasteiger partial charge >= 0.3 is 6.18 Å². The number of alkyl halides is 3. The van der Waals surface area contributed by atoms with Crippen molar-refractivity contribution < 1.29 is 28.2 Å². The first-order valence-corrected chi connectivity index (χ1v) is 2.95. The van der Waals surface area contributed by atoms with Crippen molar-refractivity contribution >= 4 is 5.91 Å². The van der Waals surface area contributed by atoms with Gasteiger partial charge in [0.1, 0.15) is 12.0 Å². The molecule has 72 valence electrons. The molecule has 0 aliphatic heterocycles. The lowest BCUT2D eigenvalue weighted by Crippen LogP contribution is -2.44. The van der Waals surface area contributed by atoms with Gasteiger partial charge in [0.15, 0.2) is 0 Å². The quantitative estimate of drug-likeness (QED) is 0.530. The fraction of sp³-hybridized carbons (Fsp3) is 0.800. The molecule has 0 bridgehead atoms. The van der Waals surface area contributed by atoms with Crippen LogP contribution < -0.4 is 5.73 Å². The first-order chi connectivity index (χ1) is 5.30. The van der Waals surface area contributed by atoms with Crippen molar-refractivity contribution in [2.24, 2.45) is 11.7 Å². The largest absolute Gasteiger partial charge is 0.397 e. The minimum atomic E-state index is -4.83. The van der Waals surface area contributed by atoms with Crippen LogP contribution >= 0.6 is 0 Å². The van der Waals surface area contributed by atoms with Gasteiger partial charge in [0.25, 0.3) is 0 Å². The average molecular weight is 187 g/mol. The second kappa shape index (κ2) is 3.72. The Morgan fingerprint density at radius 3 is 2.00 bits per heavy atom. The van der Waals surface area contributed by atoms with Gasteiger partial charge in [-0.15, -0.1) is 0 Å². The normalized spacial score (nSPS) is 17.1. The number of aliphatic hydroxyl groups excluding tert-OH is 2. The topological polar surface area (TPSA) is 83.6 Å². The number of primary amides is 1. The molecule has 4 nitrogen and oxygen atoms in total. The molecule has 0 saturated heterocycles. The van der Waals surface area contributed by atoms with Crippen LogP contribution in [-0.2, 0) is 4.79 Å². The number of nitrogens with two attached hydrogens (primary N) is 1. The van der Waals surface area contributed by atoms with Crippen molar-refractivity contribution in [3.8, 4) is 0 Å². The van der Waals surface area contributed by atoms with Crippen LogP contribution in [0.5, 0.6) is 0 Å². The van der Waals surface area contributed by atoms with Crippen LogP contribution in [0.15, 0.2) is 0 Å². The molecule has 0 aromatic rings. The first kappa shape index (κ1) is 11.2. The van der Waals surface area contributed by atoms with E-state index in [9.17, 15) is 18.0 Å². The van der Waals surface area contributed by atoms with Crippen LogP contribution in [0.2, 0.25) is 0 Å². The Hall–Kier alpha value is -0.820. The Morgan fingerprint density at radius 2 is 1.92 bits per heavy atom. The Bertz CT molecular complexity index is 170. The molecule has 2 atom stereocenters. The van der Waals surface area contributed by atoms with Crippen molar-refractivity contribution in [1.29, 1.82) is 0 Å². The van der Waals surface area contributed by atoms with Gasteiger partial charge < -0.3 is 15.9 Å². The van der Waals surface area contributed by atoms with Crippen LogP contribution in [-0.4, -0.2) is 35.0 Å². The third-order valence-corrected chi connectivity index (χ3v) is 1.29. The van der Waals surface area contributed by atoms with Crippen LogP contribution in [0, 0.1) is 5.92 Å². The van der Waals surface area contributed by atoms with Crippen molar-refractivity contribution in [1.82, 2.24) is 0 Å². The van der Waals surface area contributed by atoms with Gasteiger partial charge in [-0.25, -0.2) is 0 Å². The zero-order chi connectivity index (χ0) is 9.94. The predicted molar refractivity (Wildman–Crippen MR) is 31.8 cm³/mol. The summed E-state index contributed by atoms with van der Waals surface area (Å²) in [5, 5.41) is 16.8. The summed E-state index contributed by atoms with van der Waals surface area (Å²) in [6.07, 6.45) is -7.22. The molecule has 0 aromatic carbocycles. The molecule has 4 N–H and O–H groups in total. The summed E-state index contributed by atoms with van der Waals surface area (Å²) < 4.78 is 35.4. The number of halogens is 3. The summed E-state index contributed by atoms with van der Waals surface area (Å²) in [5.41, 5.74) is 4.41. The van der Waals surface area contributed by atoms with E-state index < -0.39 is 30.7 Å². The summed E-state index contributed by atoms with van der Waals surface area (Å²) in [4.78, 5) is 10.1. The fourth-order valence-corrected chi connectivity index (χ4v) is 0.581. The van der Waals surface area contributed by atoms with Crippen molar-refractivity contribution in [3.63, 3.8) is 0 Å². The number of carbonyl (C=O) groups is 1. The highest BCUT2D eigenvalue weighted by Crippen LogP contribution is 2.28. The molecular formula is C5H8F3NO3. The van der Waals surface area contributed by atoms with Gasteiger partial charge in [-0.3, -0.25) is 4.79 Å². The highest BCUT2D eigenvalue weighted by atomic mass is 19.4. The second-order valence-electron chi connectivity index (χ2n) is 2.18. The molecule has 2 unspecified atom stereocenters. The van der Waals surface area contributed by atoms with Gasteiger partial charge in [-0.05, 0) is 0 Å². The maximum absolute atomic E-state index is 11.8. The maximum atomic E-state index is 11.8. The number of aliphatic hydroxyl groups is 2. The van der Waals surface area contributed by atoms with E-state index in [0.29, 0.717) is 0 Å². The van der Waals surface area contributed by atoms with Crippen LogP contribution in [0.25, 0.3) is 0 Å². The summed E-state index contributed by atoms with van der Waals surface area (Å²) >= 11 is 0. The van der Waals surface area contributed by atoms with Crippen molar-refractivity contribution in [3.05, 3.63) is 0 Å². The number of rotatable bonds is 3. The molecular weight excluding hydrogens is 179 g/mol. The summed E-state index contributed by atoms with van der Waals surface area (Å²) in [6, 6.07) is 0. The standard InChI is InChI=1S/C5H8F3NO3/c6-5(7,8)2(1-10)3(11)4(9)12/h2-3,10-11H,1H2,(H2,9,12). The molecule has 0 saturated carbocycles. The third-order valence-electron chi connectivity index (χ3n) is 1.29. The highest BCUT2D eigenvalue weighted by molar-refractivity contribution is 5.78. The molecule has 12 heavy (non-hydrogen) atoms. The lowest BCUT2D eigenvalue weighted by Gasteiger charge is -2.20. The molecule has 0 radical (unpaired) electrons. The summed E-state index contributed by atoms with van der Waals surface area (Å²) in [5.74, 6) is -4.01. The molecule has 7 heteroatoms. The van der Waals surface area contributed by atoms with E-state index in [-0.39, 0.29) is 0 Å². The van der Waals surface area contributed by atoms with E-state index in [1.165, 1.54) is 0 Å². The highest BCUT2D eigenvalue weighted by Gasteiger charge is 2.45. The smallest absolute Gasteiger partial charge is 0.396 e. The molecule has 0 aromatic heterocycles. The minimum Gasteiger partial charge on any atom is -0.396 e. The zero-order valence-corrected chi connectivity index (χ0v) is 5.88. The fourth-order valence-electron chi connectivity index (χ4n) is 0.581. The van der Waals surface area contributed by atoms with E-state index in [1.807, 2.05) is 0 Å². The minimum absolute atomic E-state index is 1.37. The third kappa shape index (κ3) is 2.67. The van der Waals surface area contributed by atoms with Gasteiger partial charge in [-0.2, -0.15) is 13.2 Å².